The van der Waals surface area contributed by atoms with Gasteiger partial charge in [0.15, 0.2) is 0 Å². The number of nitrogens with two attached hydrogens (primary N) is 1. The van der Waals surface area contributed by atoms with Crippen LogP contribution >= 0.6 is 38.5 Å². The first-order valence-corrected chi connectivity index (χ1v) is 8.35. The van der Waals surface area contributed by atoms with Gasteiger partial charge in [-0.15, -0.1) is 0 Å². The molecule has 0 aliphatic heterocycles. The third kappa shape index (κ3) is 2.48. The average molecular weight is 432 g/mol. The number of pyridine rings is 1. The molecule has 3 N–H and O–H groups in total. The van der Waals surface area contributed by atoms with E-state index in [1.165, 1.54) is 34.1 Å². The number of anilines is 1. The number of aryl methyl sites for hydroxylation is 1. The van der Waals surface area contributed by atoms with Crippen molar-refractivity contribution in [2.24, 2.45) is 5.84 Å². The third-order valence-electron chi connectivity index (χ3n) is 3.68. The Hall–Kier alpha value is -0.400. The molecule has 0 atom stereocenters. The zero-order chi connectivity index (χ0) is 13.4. The van der Waals surface area contributed by atoms with Crippen LogP contribution in [0.25, 0.3) is 10.9 Å². The van der Waals surface area contributed by atoms with E-state index in [1.54, 1.807) is 0 Å². The highest BCUT2D eigenvalue weighted by atomic mass is 127. The smallest absolute Gasteiger partial charge is 0.0869 e. The maximum atomic E-state index is 5.80. The summed E-state index contributed by atoms with van der Waals surface area (Å²) in [5.41, 5.74) is 7.50. The van der Waals surface area contributed by atoms with Crippen LogP contribution < -0.4 is 11.3 Å². The van der Waals surface area contributed by atoms with Crippen LogP contribution in [-0.2, 0) is 12.8 Å². The Bertz CT molecular complexity index is 642. The van der Waals surface area contributed by atoms with E-state index in [-0.39, 0.29) is 0 Å². The summed E-state index contributed by atoms with van der Waals surface area (Å²) in [5.74, 6) is 5.80. The molecule has 1 aromatic carbocycles. The van der Waals surface area contributed by atoms with E-state index >= 15 is 0 Å². The summed E-state index contributed by atoms with van der Waals surface area (Å²) >= 11 is 5.95. The van der Waals surface area contributed by atoms with E-state index in [4.69, 9.17) is 10.8 Å². The third-order valence-corrected chi connectivity index (χ3v) is 4.91. The number of benzene rings is 1. The molecule has 1 aliphatic carbocycles. The average Bonchev–Trinajstić information content (AvgIpc) is 2.61. The number of aromatic nitrogens is 1. The monoisotopic (exact) mass is 431 g/mol. The lowest BCUT2D eigenvalue weighted by molar-refractivity contribution is 0.709. The van der Waals surface area contributed by atoms with Crippen LogP contribution in [0.5, 0.6) is 0 Å². The molecule has 3 rings (SSSR count). The lowest BCUT2D eigenvalue weighted by Gasteiger charge is -2.15. The molecule has 0 saturated heterocycles. The number of hydrogen-bond acceptors (Lipinski definition) is 3. The molecule has 0 amide bonds. The number of nitrogen functional groups attached to an aromatic ring is 1. The van der Waals surface area contributed by atoms with Crippen LogP contribution in [0.3, 0.4) is 0 Å². The van der Waals surface area contributed by atoms with Gasteiger partial charge in [-0.05, 0) is 81.9 Å². The van der Waals surface area contributed by atoms with Crippen LogP contribution in [0.15, 0.2) is 16.6 Å². The molecule has 0 fully saturated rings. The van der Waals surface area contributed by atoms with Crippen molar-refractivity contribution in [1.82, 2.24) is 4.98 Å². The van der Waals surface area contributed by atoms with Gasteiger partial charge in [0.25, 0.3) is 0 Å². The van der Waals surface area contributed by atoms with E-state index in [2.05, 4.69) is 56.1 Å². The van der Waals surface area contributed by atoms with Crippen LogP contribution in [0.4, 0.5) is 5.69 Å². The second-order valence-electron chi connectivity index (χ2n) is 4.90. The summed E-state index contributed by atoms with van der Waals surface area (Å²) in [5, 5.41) is 1.11. The number of halogens is 2. The zero-order valence-electron chi connectivity index (χ0n) is 10.5. The molecule has 0 spiro atoms. The lowest BCUT2D eigenvalue weighted by Crippen LogP contribution is -2.12. The molecule has 0 unspecified atom stereocenters. The predicted molar refractivity (Wildman–Crippen MR) is 91.2 cm³/mol. The van der Waals surface area contributed by atoms with Crippen molar-refractivity contribution in [3.63, 3.8) is 0 Å². The molecule has 1 aromatic heterocycles. The molecular weight excluding hydrogens is 417 g/mol. The van der Waals surface area contributed by atoms with Crippen molar-refractivity contribution in [3.05, 3.63) is 31.4 Å². The second-order valence-corrected chi connectivity index (χ2v) is 7.00. The van der Waals surface area contributed by atoms with Crippen LogP contribution in [0.1, 0.15) is 30.5 Å². The summed E-state index contributed by atoms with van der Waals surface area (Å²) in [7, 11) is 0. The molecule has 2 aromatic rings. The first-order valence-electron chi connectivity index (χ1n) is 6.48. The number of hydrogen-bond donors (Lipinski definition) is 2. The quantitative estimate of drug-likeness (QED) is 0.308. The Morgan fingerprint density at radius 3 is 2.79 bits per heavy atom. The van der Waals surface area contributed by atoms with Gasteiger partial charge in [0.05, 0.1) is 11.2 Å². The maximum Gasteiger partial charge on any atom is 0.0869 e. The Balaban J connectivity index is 2.36. The van der Waals surface area contributed by atoms with Crippen LogP contribution in [0, 0.1) is 3.57 Å². The molecule has 100 valence electrons. The topological polar surface area (TPSA) is 50.9 Å². The van der Waals surface area contributed by atoms with E-state index in [0.29, 0.717) is 0 Å². The van der Waals surface area contributed by atoms with Crippen molar-refractivity contribution < 1.29 is 0 Å². The molecular formula is C14H15BrIN3. The highest BCUT2D eigenvalue weighted by molar-refractivity contribution is 14.1. The summed E-state index contributed by atoms with van der Waals surface area (Å²) < 4.78 is 2.22. The van der Waals surface area contributed by atoms with Crippen LogP contribution in [-0.4, -0.2) is 4.98 Å². The fourth-order valence-electron chi connectivity index (χ4n) is 2.79. The molecule has 0 radical (unpaired) electrons. The van der Waals surface area contributed by atoms with E-state index in [0.717, 1.165) is 33.9 Å². The maximum absolute atomic E-state index is 5.80. The van der Waals surface area contributed by atoms with Gasteiger partial charge >= 0.3 is 0 Å². The van der Waals surface area contributed by atoms with E-state index in [9.17, 15) is 0 Å². The lowest BCUT2D eigenvalue weighted by atomic mass is 10.0. The summed E-state index contributed by atoms with van der Waals surface area (Å²) in [6.07, 6.45) is 5.84. The Morgan fingerprint density at radius 2 is 2.00 bits per heavy atom. The Kier molecular flexibility index (Phi) is 3.96. The van der Waals surface area contributed by atoms with Crippen molar-refractivity contribution in [3.8, 4) is 0 Å². The first kappa shape index (κ1) is 13.6. The van der Waals surface area contributed by atoms with Gasteiger partial charge < -0.3 is 5.43 Å². The van der Waals surface area contributed by atoms with Gasteiger partial charge in [0, 0.05) is 19.1 Å². The fourth-order valence-corrected chi connectivity index (χ4v) is 4.39. The number of fused-ring (bicyclic) bond motifs is 2. The summed E-state index contributed by atoms with van der Waals surface area (Å²) in [6.45, 7) is 0. The number of rotatable bonds is 1. The molecule has 0 bridgehead atoms. The van der Waals surface area contributed by atoms with Crippen LogP contribution in [0.2, 0.25) is 0 Å². The summed E-state index contributed by atoms with van der Waals surface area (Å²) in [4.78, 5) is 4.88. The van der Waals surface area contributed by atoms with Gasteiger partial charge in [-0.2, -0.15) is 0 Å². The standard InChI is InChI=1S/C14H15BrIN3/c15-11-7-8(16)6-10-13(19-17)9-4-2-1-3-5-12(9)18-14(10)11/h6-7H,1-5,17H2,(H,18,19). The highest BCUT2D eigenvalue weighted by Crippen LogP contribution is 2.36. The number of nitrogens with one attached hydrogen (secondary N) is 1. The molecule has 5 heteroatoms. The van der Waals surface area contributed by atoms with Gasteiger partial charge in [0.1, 0.15) is 0 Å². The van der Waals surface area contributed by atoms with Crippen molar-refractivity contribution in [2.45, 2.75) is 32.1 Å². The molecule has 19 heavy (non-hydrogen) atoms. The van der Waals surface area contributed by atoms with Gasteiger partial charge in [-0.25, -0.2) is 0 Å². The normalized spacial score (nSPS) is 15.1. The SMILES string of the molecule is NNc1c2c(nc3c(Br)cc(I)cc13)CCCCC2. The number of nitrogens with zero attached hydrogens (tertiary/aromatic N) is 1. The minimum Gasteiger partial charge on any atom is -0.323 e. The number of hydrazine groups is 1. The largest absolute Gasteiger partial charge is 0.323 e. The summed E-state index contributed by atoms with van der Waals surface area (Å²) in [6, 6.07) is 4.24. The molecule has 1 heterocycles. The molecule has 1 aliphatic rings. The minimum atomic E-state index is 1.01. The fraction of sp³-hybridized carbons (Fsp3) is 0.357. The predicted octanol–water partition coefficient (Wildman–Crippen LogP) is 4.16. The van der Waals surface area contributed by atoms with Gasteiger partial charge in [-0.3, -0.25) is 10.8 Å². The molecule has 0 saturated carbocycles. The van der Waals surface area contributed by atoms with Crippen molar-refractivity contribution in [1.29, 1.82) is 0 Å². The van der Waals surface area contributed by atoms with Crippen molar-refractivity contribution >= 4 is 55.1 Å². The van der Waals surface area contributed by atoms with Crippen molar-refractivity contribution in [2.75, 3.05) is 5.43 Å². The highest BCUT2D eigenvalue weighted by Gasteiger charge is 2.18. The van der Waals surface area contributed by atoms with E-state index in [1.807, 2.05) is 0 Å². The first-order chi connectivity index (χ1) is 9.20. The second kappa shape index (κ2) is 5.54. The Morgan fingerprint density at radius 1 is 1.21 bits per heavy atom. The van der Waals surface area contributed by atoms with E-state index < -0.39 is 0 Å². The van der Waals surface area contributed by atoms with Gasteiger partial charge in [-0.1, -0.05) is 6.42 Å². The zero-order valence-corrected chi connectivity index (χ0v) is 14.2. The minimum absolute atomic E-state index is 1.01. The Labute approximate surface area is 134 Å². The van der Waals surface area contributed by atoms with Gasteiger partial charge in [0.2, 0.25) is 0 Å². The molecule has 3 nitrogen and oxygen atoms in total.